The van der Waals surface area contributed by atoms with Gasteiger partial charge in [-0.05, 0) is 11.4 Å². The van der Waals surface area contributed by atoms with E-state index in [9.17, 15) is 0 Å². The lowest BCUT2D eigenvalue weighted by Crippen LogP contribution is -2.11. The maximum atomic E-state index is 8.75. The molecule has 0 atom stereocenters. The van der Waals surface area contributed by atoms with Gasteiger partial charge in [0.25, 0.3) is 0 Å². The molecule has 0 saturated heterocycles. The number of hydrogen-bond acceptors (Lipinski definition) is 6. The summed E-state index contributed by atoms with van der Waals surface area (Å²) >= 11 is 1.53. The molecule has 0 amide bonds. The third-order valence-electron chi connectivity index (χ3n) is 1.79. The van der Waals surface area contributed by atoms with Crippen LogP contribution < -0.4 is 11.3 Å². The van der Waals surface area contributed by atoms with E-state index in [1.165, 1.54) is 17.5 Å². The summed E-state index contributed by atoms with van der Waals surface area (Å²) in [5.74, 6) is 6.17. The second-order valence-electron chi connectivity index (χ2n) is 2.69. The molecule has 2 aromatic rings. The normalized spacial score (nSPS) is 9.60. The fourth-order valence-electron chi connectivity index (χ4n) is 1.10. The highest BCUT2D eigenvalue weighted by Gasteiger charge is 2.07. The third kappa shape index (κ3) is 1.79. The van der Waals surface area contributed by atoms with Crippen LogP contribution in [0.15, 0.2) is 23.7 Å². The van der Waals surface area contributed by atoms with Crippen molar-refractivity contribution in [3.8, 4) is 16.8 Å². The van der Waals surface area contributed by atoms with Crippen molar-refractivity contribution in [1.82, 2.24) is 9.97 Å². The summed E-state index contributed by atoms with van der Waals surface area (Å²) in [7, 11) is 0. The van der Waals surface area contributed by atoms with E-state index in [1.54, 1.807) is 0 Å². The van der Waals surface area contributed by atoms with Gasteiger partial charge in [0.15, 0.2) is 11.6 Å². The first kappa shape index (κ1) is 9.58. The Morgan fingerprint density at radius 3 is 3.00 bits per heavy atom. The van der Waals surface area contributed by atoms with Crippen LogP contribution in [0.5, 0.6) is 0 Å². The van der Waals surface area contributed by atoms with Crippen LogP contribution in [-0.4, -0.2) is 9.97 Å². The molecule has 2 heterocycles. The van der Waals surface area contributed by atoms with E-state index in [0.717, 1.165) is 4.88 Å². The third-order valence-corrected chi connectivity index (χ3v) is 2.65. The zero-order valence-electron chi connectivity index (χ0n) is 7.64. The van der Waals surface area contributed by atoms with Gasteiger partial charge in [-0.25, -0.2) is 15.8 Å². The van der Waals surface area contributed by atoms with Crippen LogP contribution in [-0.2, 0) is 0 Å². The number of hydrazine groups is 1. The average Bonchev–Trinajstić information content (AvgIpc) is 2.81. The fraction of sp³-hybridized carbons (Fsp3) is 0. The number of nitrogens with zero attached hydrogens (tertiary/aromatic N) is 3. The first-order valence-corrected chi connectivity index (χ1v) is 5.00. The number of anilines is 1. The number of nitrogens with one attached hydrogen (secondary N) is 1. The van der Waals surface area contributed by atoms with Crippen molar-refractivity contribution in [2.24, 2.45) is 5.84 Å². The molecule has 0 bridgehead atoms. The summed E-state index contributed by atoms with van der Waals surface area (Å²) in [5.41, 5.74) is 2.71. The summed E-state index contributed by atoms with van der Waals surface area (Å²) in [6, 6.07) is 5.78. The van der Waals surface area contributed by atoms with Crippen LogP contribution in [0.1, 0.15) is 5.56 Å². The lowest BCUT2D eigenvalue weighted by atomic mass is 10.3. The highest BCUT2D eigenvalue weighted by molar-refractivity contribution is 7.13. The number of nitrogen functional groups attached to an aromatic ring is 1. The van der Waals surface area contributed by atoms with Gasteiger partial charge in [0.1, 0.15) is 11.6 Å². The Kier molecular flexibility index (Phi) is 2.58. The number of rotatable bonds is 2. The Balaban J connectivity index is 2.49. The lowest BCUT2D eigenvalue weighted by Gasteiger charge is -2.02. The minimum atomic E-state index is 0.331. The molecule has 0 spiro atoms. The van der Waals surface area contributed by atoms with E-state index >= 15 is 0 Å². The van der Waals surface area contributed by atoms with Crippen LogP contribution in [0.25, 0.3) is 10.7 Å². The minimum Gasteiger partial charge on any atom is -0.307 e. The molecule has 5 nitrogen and oxygen atoms in total. The molecule has 0 aliphatic carbocycles. The first-order valence-electron chi connectivity index (χ1n) is 4.13. The second kappa shape index (κ2) is 4.04. The SMILES string of the molecule is N#Cc1cnc(-c2cccs2)nc1NN. The number of nitrogens with two attached hydrogens (primary N) is 1. The van der Waals surface area contributed by atoms with Gasteiger partial charge >= 0.3 is 0 Å². The molecule has 74 valence electrons. The minimum absolute atomic E-state index is 0.331. The molecule has 0 aliphatic heterocycles. The topological polar surface area (TPSA) is 87.6 Å². The number of thiophene rings is 1. The number of aromatic nitrogens is 2. The fourth-order valence-corrected chi connectivity index (χ4v) is 1.76. The molecule has 2 rings (SSSR count). The first-order chi connectivity index (χ1) is 7.35. The van der Waals surface area contributed by atoms with Gasteiger partial charge in [0.05, 0.1) is 11.1 Å². The van der Waals surface area contributed by atoms with Crippen LogP contribution in [0.2, 0.25) is 0 Å². The molecule has 0 aliphatic rings. The van der Waals surface area contributed by atoms with Gasteiger partial charge in [0, 0.05) is 0 Å². The number of nitriles is 1. The Hall–Kier alpha value is -1.97. The van der Waals surface area contributed by atoms with Crippen LogP contribution in [0.4, 0.5) is 5.82 Å². The Labute approximate surface area is 90.2 Å². The summed E-state index contributed by atoms with van der Waals surface area (Å²) < 4.78 is 0. The molecule has 2 aromatic heterocycles. The molecule has 0 aromatic carbocycles. The van der Waals surface area contributed by atoms with E-state index in [2.05, 4.69) is 15.4 Å². The molecular formula is C9H7N5S. The molecule has 15 heavy (non-hydrogen) atoms. The van der Waals surface area contributed by atoms with E-state index in [0.29, 0.717) is 17.2 Å². The van der Waals surface area contributed by atoms with Crippen molar-refractivity contribution >= 4 is 17.2 Å². The van der Waals surface area contributed by atoms with Crippen molar-refractivity contribution in [2.45, 2.75) is 0 Å². The molecule has 0 saturated carbocycles. The van der Waals surface area contributed by atoms with Crippen LogP contribution in [0.3, 0.4) is 0 Å². The molecule has 3 N–H and O–H groups in total. The highest BCUT2D eigenvalue weighted by Crippen LogP contribution is 2.22. The van der Waals surface area contributed by atoms with E-state index < -0.39 is 0 Å². The maximum absolute atomic E-state index is 8.75. The van der Waals surface area contributed by atoms with Crippen LogP contribution in [0, 0.1) is 11.3 Å². The van der Waals surface area contributed by atoms with Gasteiger partial charge in [-0.1, -0.05) is 6.07 Å². The van der Waals surface area contributed by atoms with Gasteiger partial charge in [-0.15, -0.1) is 11.3 Å². The van der Waals surface area contributed by atoms with Crippen molar-refractivity contribution in [2.75, 3.05) is 5.43 Å². The molecule has 0 radical (unpaired) electrons. The van der Waals surface area contributed by atoms with Gasteiger partial charge < -0.3 is 5.43 Å². The molecule has 0 fully saturated rings. The monoisotopic (exact) mass is 217 g/mol. The predicted molar refractivity (Wildman–Crippen MR) is 57.9 cm³/mol. The molecule has 6 heteroatoms. The Morgan fingerprint density at radius 2 is 2.40 bits per heavy atom. The van der Waals surface area contributed by atoms with Crippen molar-refractivity contribution in [1.29, 1.82) is 5.26 Å². The second-order valence-corrected chi connectivity index (χ2v) is 3.64. The lowest BCUT2D eigenvalue weighted by molar-refractivity contribution is 1.14. The summed E-state index contributed by atoms with van der Waals surface area (Å²) in [6.07, 6.45) is 1.46. The average molecular weight is 217 g/mol. The Bertz CT molecular complexity index is 500. The van der Waals surface area contributed by atoms with Gasteiger partial charge in [-0.2, -0.15) is 5.26 Å². The zero-order chi connectivity index (χ0) is 10.7. The quantitative estimate of drug-likeness (QED) is 0.585. The smallest absolute Gasteiger partial charge is 0.171 e. The standard InChI is InChI=1S/C9H7N5S/c10-4-6-5-12-9(13-8(6)14-11)7-2-1-3-15-7/h1-3,5H,11H2,(H,12,13,14). The largest absolute Gasteiger partial charge is 0.307 e. The molecule has 0 unspecified atom stereocenters. The van der Waals surface area contributed by atoms with Gasteiger partial charge in [0.2, 0.25) is 0 Å². The predicted octanol–water partition coefficient (Wildman–Crippen LogP) is 1.36. The van der Waals surface area contributed by atoms with E-state index in [4.69, 9.17) is 11.1 Å². The van der Waals surface area contributed by atoms with E-state index in [1.807, 2.05) is 23.6 Å². The van der Waals surface area contributed by atoms with Crippen molar-refractivity contribution in [3.05, 3.63) is 29.3 Å². The summed E-state index contributed by atoms with van der Waals surface area (Å²) in [4.78, 5) is 9.17. The van der Waals surface area contributed by atoms with Gasteiger partial charge in [-0.3, -0.25) is 0 Å². The van der Waals surface area contributed by atoms with Crippen LogP contribution >= 0.6 is 11.3 Å². The van der Waals surface area contributed by atoms with Crippen molar-refractivity contribution < 1.29 is 0 Å². The zero-order valence-corrected chi connectivity index (χ0v) is 8.45. The molecular weight excluding hydrogens is 210 g/mol. The Morgan fingerprint density at radius 1 is 1.53 bits per heavy atom. The summed E-state index contributed by atoms with van der Waals surface area (Å²) in [5, 5.41) is 10.7. The number of hydrogen-bond donors (Lipinski definition) is 2. The van der Waals surface area contributed by atoms with Crippen molar-refractivity contribution in [3.63, 3.8) is 0 Å². The summed E-state index contributed by atoms with van der Waals surface area (Å²) in [6.45, 7) is 0. The highest BCUT2D eigenvalue weighted by atomic mass is 32.1. The maximum Gasteiger partial charge on any atom is 0.171 e. The van der Waals surface area contributed by atoms with E-state index in [-0.39, 0.29) is 0 Å².